The Bertz CT molecular complexity index is 348. The minimum absolute atomic E-state index is 0.374. The van der Waals surface area contributed by atoms with Crippen LogP contribution in [0.1, 0.15) is 51.0 Å². The van der Waals surface area contributed by atoms with Crippen molar-refractivity contribution in [1.29, 1.82) is 0 Å². The van der Waals surface area contributed by atoms with Gasteiger partial charge in [0.25, 0.3) is 0 Å². The molecule has 1 saturated carbocycles. The molecule has 0 aromatic carbocycles. The fraction of sp³-hybridized carbons (Fsp3) is 0.667. The van der Waals surface area contributed by atoms with Gasteiger partial charge in [-0.3, -0.25) is 0 Å². The fourth-order valence-electron chi connectivity index (χ4n) is 2.41. The van der Waals surface area contributed by atoms with Crippen LogP contribution in [0.2, 0.25) is 0 Å². The quantitative estimate of drug-likeness (QED) is 0.784. The van der Waals surface area contributed by atoms with E-state index in [4.69, 9.17) is 4.74 Å². The highest BCUT2D eigenvalue weighted by atomic mass is 16.5. The molecule has 0 atom stereocenters. The maximum absolute atomic E-state index is 6.07. The molecule has 1 N–H and O–H groups in total. The lowest BCUT2D eigenvalue weighted by molar-refractivity contribution is 0.147. The molecule has 1 aromatic heterocycles. The summed E-state index contributed by atoms with van der Waals surface area (Å²) in [6, 6.07) is 4.09. The summed E-state index contributed by atoms with van der Waals surface area (Å²) in [5.41, 5.74) is 1.18. The first-order chi connectivity index (χ1) is 8.90. The lowest BCUT2D eigenvalue weighted by Crippen LogP contribution is -2.22. The average Bonchev–Trinajstić information content (AvgIpc) is 2.42. The van der Waals surface area contributed by atoms with Gasteiger partial charge in [0.1, 0.15) is 6.10 Å². The maximum atomic E-state index is 6.07. The molecule has 1 aromatic rings. The summed E-state index contributed by atoms with van der Waals surface area (Å²) >= 11 is 0. The highest BCUT2D eigenvalue weighted by Crippen LogP contribution is 2.24. The van der Waals surface area contributed by atoms with Gasteiger partial charge < -0.3 is 10.1 Å². The molecule has 0 amide bonds. The largest absolute Gasteiger partial charge is 0.474 e. The van der Waals surface area contributed by atoms with Crippen molar-refractivity contribution in [2.24, 2.45) is 0 Å². The molecular formula is C15H24N2O. The fourth-order valence-corrected chi connectivity index (χ4v) is 2.41. The highest BCUT2D eigenvalue weighted by Gasteiger charge is 2.16. The summed E-state index contributed by atoms with van der Waals surface area (Å²) in [5.74, 6) is 0.827. The highest BCUT2D eigenvalue weighted by molar-refractivity contribution is 5.25. The van der Waals surface area contributed by atoms with Gasteiger partial charge in [0.2, 0.25) is 5.88 Å². The number of nitrogens with zero attached hydrogens (tertiary/aromatic N) is 1. The molecule has 0 unspecified atom stereocenters. The van der Waals surface area contributed by atoms with E-state index in [0.717, 1.165) is 25.4 Å². The Morgan fingerprint density at radius 3 is 2.94 bits per heavy atom. The van der Waals surface area contributed by atoms with E-state index in [2.05, 4.69) is 23.3 Å². The van der Waals surface area contributed by atoms with Gasteiger partial charge in [0, 0.05) is 18.3 Å². The third kappa shape index (κ3) is 3.98. The molecule has 1 fully saturated rings. The first-order valence-corrected chi connectivity index (χ1v) is 7.21. The van der Waals surface area contributed by atoms with Gasteiger partial charge in [-0.1, -0.05) is 19.4 Å². The van der Waals surface area contributed by atoms with Crippen LogP contribution in [0, 0.1) is 0 Å². The Hall–Kier alpha value is -1.09. The number of ether oxygens (including phenoxy) is 1. The van der Waals surface area contributed by atoms with Gasteiger partial charge in [-0.05, 0) is 44.7 Å². The van der Waals surface area contributed by atoms with Crippen LogP contribution in [-0.4, -0.2) is 17.6 Å². The molecule has 1 aliphatic rings. The summed E-state index contributed by atoms with van der Waals surface area (Å²) in [4.78, 5) is 4.39. The second-order valence-corrected chi connectivity index (χ2v) is 5.02. The Labute approximate surface area is 110 Å². The summed E-state index contributed by atoms with van der Waals surface area (Å²) in [7, 11) is 0. The molecule has 0 spiro atoms. The van der Waals surface area contributed by atoms with E-state index in [-0.39, 0.29) is 0 Å². The number of rotatable bonds is 6. The minimum Gasteiger partial charge on any atom is -0.474 e. The number of nitrogens with one attached hydrogen (secondary N) is 1. The van der Waals surface area contributed by atoms with Crippen LogP contribution in [0.25, 0.3) is 0 Å². The molecule has 3 nitrogen and oxygen atoms in total. The average molecular weight is 248 g/mol. The Balaban J connectivity index is 1.93. The lowest BCUT2D eigenvalue weighted by atomic mass is 9.98. The van der Waals surface area contributed by atoms with E-state index in [1.807, 2.05) is 12.3 Å². The van der Waals surface area contributed by atoms with Crippen LogP contribution in [0.4, 0.5) is 0 Å². The summed E-state index contributed by atoms with van der Waals surface area (Å²) in [5, 5.41) is 3.41. The Kier molecular flexibility index (Phi) is 5.46. The van der Waals surface area contributed by atoms with Crippen LogP contribution in [0.5, 0.6) is 5.88 Å². The van der Waals surface area contributed by atoms with E-state index in [0.29, 0.717) is 6.10 Å². The van der Waals surface area contributed by atoms with Crippen molar-refractivity contribution in [2.45, 2.75) is 58.1 Å². The molecule has 1 heterocycles. The molecule has 0 radical (unpaired) electrons. The van der Waals surface area contributed by atoms with Gasteiger partial charge >= 0.3 is 0 Å². The maximum Gasteiger partial charge on any atom is 0.218 e. The van der Waals surface area contributed by atoms with E-state index in [1.165, 1.54) is 37.7 Å². The van der Waals surface area contributed by atoms with Gasteiger partial charge in [-0.2, -0.15) is 0 Å². The summed E-state index contributed by atoms with van der Waals surface area (Å²) < 4.78 is 6.07. The van der Waals surface area contributed by atoms with Crippen LogP contribution >= 0.6 is 0 Å². The van der Waals surface area contributed by atoms with E-state index in [1.54, 1.807) is 0 Å². The topological polar surface area (TPSA) is 34.2 Å². The lowest BCUT2D eigenvalue weighted by Gasteiger charge is -2.23. The molecule has 18 heavy (non-hydrogen) atoms. The standard InChI is InChI=1S/C15H24N2O/c1-2-10-16-12-13-7-6-11-17-15(13)18-14-8-4-3-5-9-14/h6-7,11,14,16H,2-5,8-10,12H2,1H3. The number of hydrogen-bond acceptors (Lipinski definition) is 3. The van der Waals surface area contributed by atoms with Gasteiger partial charge in [-0.15, -0.1) is 0 Å². The first-order valence-electron chi connectivity index (χ1n) is 7.21. The number of aromatic nitrogens is 1. The van der Waals surface area contributed by atoms with Crippen molar-refractivity contribution >= 4 is 0 Å². The van der Waals surface area contributed by atoms with Crippen LogP contribution < -0.4 is 10.1 Å². The van der Waals surface area contributed by atoms with Crippen molar-refractivity contribution in [3.63, 3.8) is 0 Å². The number of pyridine rings is 1. The minimum atomic E-state index is 0.374. The zero-order valence-electron chi connectivity index (χ0n) is 11.3. The number of hydrogen-bond donors (Lipinski definition) is 1. The summed E-state index contributed by atoms with van der Waals surface area (Å²) in [6.45, 7) is 4.07. The van der Waals surface area contributed by atoms with Crippen molar-refractivity contribution in [3.05, 3.63) is 23.9 Å². The van der Waals surface area contributed by atoms with Crippen molar-refractivity contribution in [3.8, 4) is 5.88 Å². The molecule has 100 valence electrons. The molecule has 3 heteroatoms. The zero-order chi connectivity index (χ0) is 12.6. The molecule has 1 aliphatic carbocycles. The molecule has 2 rings (SSSR count). The van der Waals surface area contributed by atoms with E-state index >= 15 is 0 Å². The van der Waals surface area contributed by atoms with Crippen molar-refractivity contribution < 1.29 is 4.74 Å². The predicted octanol–water partition coefficient (Wildman–Crippen LogP) is 3.29. The third-order valence-electron chi connectivity index (χ3n) is 3.42. The van der Waals surface area contributed by atoms with E-state index < -0.39 is 0 Å². The van der Waals surface area contributed by atoms with Gasteiger partial charge in [0.15, 0.2) is 0 Å². The van der Waals surface area contributed by atoms with Crippen molar-refractivity contribution in [1.82, 2.24) is 10.3 Å². The Morgan fingerprint density at radius 1 is 1.33 bits per heavy atom. The molecule has 0 bridgehead atoms. The monoisotopic (exact) mass is 248 g/mol. The molecule has 0 saturated heterocycles. The smallest absolute Gasteiger partial charge is 0.218 e. The second kappa shape index (κ2) is 7.37. The Morgan fingerprint density at radius 2 is 2.17 bits per heavy atom. The zero-order valence-corrected chi connectivity index (χ0v) is 11.3. The van der Waals surface area contributed by atoms with Crippen LogP contribution in [-0.2, 0) is 6.54 Å². The molecular weight excluding hydrogens is 224 g/mol. The van der Waals surface area contributed by atoms with Gasteiger partial charge in [-0.25, -0.2) is 4.98 Å². The first kappa shape index (κ1) is 13.3. The third-order valence-corrected chi connectivity index (χ3v) is 3.42. The van der Waals surface area contributed by atoms with Crippen molar-refractivity contribution in [2.75, 3.05) is 6.54 Å². The van der Waals surface area contributed by atoms with Crippen LogP contribution in [0.3, 0.4) is 0 Å². The molecule has 0 aliphatic heterocycles. The predicted molar refractivity (Wildman–Crippen MR) is 73.7 cm³/mol. The SMILES string of the molecule is CCCNCc1cccnc1OC1CCCCC1. The normalized spacial score (nSPS) is 16.7. The van der Waals surface area contributed by atoms with E-state index in [9.17, 15) is 0 Å². The van der Waals surface area contributed by atoms with Crippen LogP contribution in [0.15, 0.2) is 18.3 Å². The van der Waals surface area contributed by atoms with Gasteiger partial charge in [0.05, 0.1) is 0 Å². The second-order valence-electron chi connectivity index (χ2n) is 5.02. The summed E-state index contributed by atoms with van der Waals surface area (Å²) in [6.07, 6.45) is 9.64.